The van der Waals surface area contributed by atoms with Gasteiger partial charge in [-0.1, -0.05) is 36.8 Å². The van der Waals surface area contributed by atoms with Gasteiger partial charge in [0.2, 0.25) is 0 Å². The van der Waals surface area contributed by atoms with E-state index < -0.39 is 0 Å². The molecule has 0 N–H and O–H groups in total. The molecule has 0 spiro atoms. The molecule has 19 heavy (non-hydrogen) atoms. The molecule has 1 aliphatic carbocycles. The predicted octanol–water partition coefficient (Wildman–Crippen LogP) is 2.60. The first-order valence-electron chi connectivity index (χ1n) is 7.28. The van der Waals surface area contributed by atoms with Crippen LogP contribution in [0.4, 0.5) is 0 Å². The molecule has 1 aromatic rings. The second-order valence-electron chi connectivity index (χ2n) is 5.70. The van der Waals surface area contributed by atoms with E-state index in [1.165, 1.54) is 12.0 Å². The van der Waals surface area contributed by atoms with E-state index in [4.69, 9.17) is 4.74 Å². The molecular weight excluding hydrogens is 238 g/mol. The van der Waals surface area contributed by atoms with Crippen molar-refractivity contribution in [1.29, 1.82) is 0 Å². The lowest BCUT2D eigenvalue weighted by molar-refractivity contribution is -0.156. The van der Waals surface area contributed by atoms with Crippen LogP contribution in [0, 0.1) is 5.92 Å². The van der Waals surface area contributed by atoms with Gasteiger partial charge >= 0.3 is 5.97 Å². The zero-order valence-electron chi connectivity index (χ0n) is 11.3. The molecule has 1 saturated carbocycles. The van der Waals surface area contributed by atoms with Crippen LogP contribution in [0.5, 0.6) is 0 Å². The van der Waals surface area contributed by atoms with Crippen LogP contribution in [0.15, 0.2) is 30.3 Å². The second kappa shape index (κ2) is 5.74. The lowest BCUT2D eigenvalue weighted by atomic mass is 9.86. The first-order valence-corrected chi connectivity index (χ1v) is 7.28. The molecule has 2 fully saturated rings. The minimum Gasteiger partial charge on any atom is -0.461 e. The Hall–Kier alpha value is -1.35. The van der Waals surface area contributed by atoms with Gasteiger partial charge < -0.3 is 4.74 Å². The maximum absolute atomic E-state index is 11.8. The highest BCUT2D eigenvalue weighted by molar-refractivity contribution is 5.73. The van der Waals surface area contributed by atoms with E-state index in [1.807, 2.05) is 6.07 Å². The van der Waals surface area contributed by atoms with Crippen molar-refractivity contribution in [3.63, 3.8) is 0 Å². The molecule has 102 valence electrons. The van der Waals surface area contributed by atoms with Crippen molar-refractivity contribution < 1.29 is 9.53 Å². The number of hydrogen-bond donors (Lipinski definition) is 0. The molecule has 1 aliphatic heterocycles. The third kappa shape index (κ3) is 3.16. The smallest absolute Gasteiger partial charge is 0.309 e. The standard InChI is InChI=1S/C16H21NO2/c18-16(14-7-4-8-14)19-15-9-10-17(12-15)11-13-5-2-1-3-6-13/h1-3,5-6,14-15H,4,7-12H2/t15-/m1/s1. The molecule has 0 amide bonds. The molecule has 0 unspecified atom stereocenters. The Morgan fingerprint density at radius 2 is 2.00 bits per heavy atom. The lowest BCUT2D eigenvalue weighted by Gasteiger charge is -2.25. The summed E-state index contributed by atoms with van der Waals surface area (Å²) in [5, 5.41) is 0. The number of carbonyl (C=O) groups excluding carboxylic acids is 1. The largest absolute Gasteiger partial charge is 0.461 e. The highest BCUT2D eigenvalue weighted by Gasteiger charge is 2.31. The fourth-order valence-corrected chi connectivity index (χ4v) is 2.78. The van der Waals surface area contributed by atoms with Crippen molar-refractivity contribution in [2.75, 3.05) is 13.1 Å². The van der Waals surface area contributed by atoms with Crippen LogP contribution >= 0.6 is 0 Å². The van der Waals surface area contributed by atoms with Gasteiger partial charge in [-0.2, -0.15) is 0 Å². The van der Waals surface area contributed by atoms with E-state index in [0.29, 0.717) is 0 Å². The molecule has 2 aliphatic rings. The first-order chi connectivity index (χ1) is 9.31. The monoisotopic (exact) mass is 259 g/mol. The number of likely N-dealkylation sites (tertiary alicyclic amines) is 1. The molecule has 1 aromatic carbocycles. The number of benzene rings is 1. The molecule has 1 saturated heterocycles. The second-order valence-corrected chi connectivity index (χ2v) is 5.70. The Labute approximate surface area is 114 Å². The zero-order chi connectivity index (χ0) is 13.1. The van der Waals surface area contributed by atoms with Gasteiger partial charge in [-0.05, 0) is 24.8 Å². The number of esters is 1. The number of ether oxygens (including phenoxy) is 1. The Morgan fingerprint density at radius 3 is 2.68 bits per heavy atom. The van der Waals surface area contributed by atoms with Crippen LogP contribution in [0.3, 0.4) is 0 Å². The van der Waals surface area contributed by atoms with Crippen LogP contribution in [-0.2, 0) is 16.1 Å². The van der Waals surface area contributed by atoms with Crippen molar-refractivity contribution in [1.82, 2.24) is 4.90 Å². The average molecular weight is 259 g/mol. The summed E-state index contributed by atoms with van der Waals surface area (Å²) < 4.78 is 5.60. The highest BCUT2D eigenvalue weighted by atomic mass is 16.5. The minimum atomic E-state index is 0.0396. The topological polar surface area (TPSA) is 29.5 Å². The van der Waals surface area contributed by atoms with Crippen LogP contribution in [-0.4, -0.2) is 30.1 Å². The summed E-state index contributed by atoms with van der Waals surface area (Å²) in [6, 6.07) is 10.5. The van der Waals surface area contributed by atoms with E-state index in [9.17, 15) is 4.79 Å². The quantitative estimate of drug-likeness (QED) is 0.778. The third-order valence-electron chi connectivity index (χ3n) is 4.20. The van der Waals surface area contributed by atoms with Crippen LogP contribution in [0.1, 0.15) is 31.2 Å². The predicted molar refractivity (Wildman–Crippen MR) is 73.6 cm³/mol. The van der Waals surface area contributed by atoms with Crippen molar-refractivity contribution in [2.24, 2.45) is 5.92 Å². The fourth-order valence-electron chi connectivity index (χ4n) is 2.78. The van der Waals surface area contributed by atoms with E-state index in [-0.39, 0.29) is 18.0 Å². The Bertz CT molecular complexity index is 428. The SMILES string of the molecule is O=C(O[C@@H]1CCN(Cc2ccccc2)C1)C1CCC1. The Morgan fingerprint density at radius 1 is 1.21 bits per heavy atom. The summed E-state index contributed by atoms with van der Waals surface area (Å²) in [7, 11) is 0. The highest BCUT2D eigenvalue weighted by Crippen LogP contribution is 2.28. The summed E-state index contributed by atoms with van der Waals surface area (Å²) >= 11 is 0. The molecule has 3 heteroatoms. The van der Waals surface area contributed by atoms with E-state index in [0.717, 1.165) is 38.9 Å². The van der Waals surface area contributed by atoms with Gasteiger partial charge in [0.15, 0.2) is 0 Å². The summed E-state index contributed by atoms with van der Waals surface area (Å²) in [6.45, 7) is 2.86. The van der Waals surface area contributed by atoms with Gasteiger partial charge in [-0.25, -0.2) is 0 Å². The number of carbonyl (C=O) groups is 1. The van der Waals surface area contributed by atoms with Crippen LogP contribution in [0.25, 0.3) is 0 Å². The Balaban J connectivity index is 1.46. The van der Waals surface area contributed by atoms with Crippen molar-refractivity contribution in [3.8, 4) is 0 Å². The summed E-state index contributed by atoms with van der Waals surface area (Å²) in [6.07, 6.45) is 4.32. The minimum absolute atomic E-state index is 0.0396. The molecule has 0 aromatic heterocycles. The van der Waals surface area contributed by atoms with E-state index >= 15 is 0 Å². The maximum Gasteiger partial charge on any atom is 0.309 e. The fraction of sp³-hybridized carbons (Fsp3) is 0.562. The summed E-state index contributed by atoms with van der Waals surface area (Å²) in [5.74, 6) is 0.237. The van der Waals surface area contributed by atoms with Gasteiger partial charge in [-0.15, -0.1) is 0 Å². The van der Waals surface area contributed by atoms with Gasteiger partial charge in [0, 0.05) is 19.6 Å². The molecule has 3 nitrogen and oxygen atoms in total. The van der Waals surface area contributed by atoms with Gasteiger partial charge in [-0.3, -0.25) is 9.69 Å². The maximum atomic E-state index is 11.8. The third-order valence-corrected chi connectivity index (χ3v) is 4.20. The molecular formula is C16H21NO2. The normalized spacial score (nSPS) is 24.1. The van der Waals surface area contributed by atoms with Crippen molar-refractivity contribution >= 4 is 5.97 Å². The van der Waals surface area contributed by atoms with Gasteiger partial charge in [0.1, 0.15) is 6.10 Å². The molecule has 1 atom stereocenters. The Kier molecular flexibility index (Phi) is 3.83. The van der Waals surface area contributed by atoms with E-state index in [2.05, 4.69) is 29.2 Å². The number of nitrogens with zero attached hydrogens (tertiary/aromatic N) is 1. The zero-order valence-corrected chi connectivity index (χ0v) is 11.3. The summed E-state index contributed by atoms with van der Waals surface area (Å²) in [5.41, 5.74) is 1.33. The molecule has 3 rings (SSSR count). The lowest BCUT2D eigenvalue weighted by Crippen LogP contribution is -2.30. The van der Waals surface area contributed by atoms with Gasteiger partial charge in [0.25, 0.3) is 0 Å². The van der Waals surface area contributed by atoms with Crippen LogP contribution in [0.2, 0.25) is 0 Å². The summed E-state index contributed by atoms with van der Waals surface area (Å²) in [4.78, 5) is 14.2. The molecule has 1 heterocycles. The molecule has 0 radical (unpaired) electrons. The molecule has 0 bridgehead atoms. The van der Waals surface area contributed by atoms with Crippen molar-refractivity contribution in [2.45, 2.75) is 38.3 Å². The van der Waals surface area contributed by atoms with E-state index in [1.54, 1.807) is 0 Å². The first kappa shape index (κ1) is 12.7. The average Bonchev–Trinajstić information content (AvgIpc) is 2.75. The van der Waals surface area contributed by atoms with Crippen LogP contribution < -0.4 is 0 Å². The van der Waals surface area contributed by atoms with Crippen molar-refractivity contribution in [3.05, 3.63) is 35.9 Å². The number of hydrogen-bond acceptors (Lipinski definition) is 3. The van der Waals surface area contributed by atoms with Gasteiger partial charge in [0.05, 0.1) is 5.92 Å². The number of rotatable bonds is 4.